The molecule has 0 spiro atoms. The van der Waals surface area contributed by atoms with Gasteiger partial charge in [-0.05, 0) is 32.4 Å². The van der Waals surface area contributed by atoms with Crippen LogP contribution in [0.1, 0.15) is 34.1 Å². The lowest BCUT2D eigenvalue weighted by Crippen LogP contribution is -2.18. The van der Waals surface area contributed by atoms with Crippen molar-refractivity contribution < 1.29 is 0 Å². The van der Waals surface area contributed by atoms with Crippen LogP contribution in [0.4, 0.5) is 0 Å². The molecule has 0 bridgehead atoms. The summed E-state index contributed by atoms with van der Waals surface area (Å²) in [5, 5.41) is 3.47. The van der Waals surface area contributed by atoms with Crippen LogP contribution in [0, 0.1) is 13.8 Å². The molecule has 4 heteroatoms. The number of thiophene rings is 1. The van der Waals surface area contributed by atoms with Crippen molar-refractivity contribution in [3.8, 4) is 0 Å². The SMILES string of the molecule is Cc1cc(C(C)NCc2ncc[nH]2)c(C)s1. The molecule has 0 aliphatic heterocycles. The minimum Gasteiger partial charge on any atom is -0.348 e. The zero-order chi connectivity index (χ0) is 11.5. The Kier molecular flexibility index (Phi) is 3.41. The number of hydrogen-bond donors (Lipinski definition) is 2. The van der Waals surface area contributed by atoms with Crippen LogP contribution < -0.4 is 5.32 Å². The van der Waals surface area contributed by atoms with Crippen LogP contribution in [0.3, 0.4) is 0 Å². The van der Waals surface area contributed by atoms with E-state index >= 15 is 0 Å². The molecule has 2 N–H and O–H groups in total. The highest BCUT2D eigenvalue weighted by Crippen LogP contribution is 2.26. The molecule has 2 aromatic rings. The fourth-order valence-corrected chi connectivity index (χ4v) is 2.86. The van der Waals surface area contributed by atoms with Gasteiger partial charge in [0.25, 0.3) is 0 Å². The second-order valence-corrected chi connectivity index (χ2v) is 5.47. The zero-order valence-corrected chi connectivity index (χ0v) is 10.7. The molecule has 2 heterocycles. The van der Waals surface area contributed by atoms with Crippen LogP contribution in [0.15, 0.2) is 18.5 Å². The van der Waals surface area contributed by atoms with Gasteiger partial charge in [0.2, 0.25) is 0 Å². The second kappa shape index (κ2) is 4.80. The summed E-state index contributed by atoms with van der Waals surface area (Å²) in [6.45, 7) is 7.30. The summed E-state index contributed by atoms with van der Waals surface area (Å²) in [4.78, 5) is 10.1. The van der Waals surface area contributed by atoms with Crippen LogP contribution in [0.2, 0.25) is 0 Å². The molecule has 16 heavy (non-hydrogen) atoms. The maximum atomic E-state index is 4.19. The number of hydrogen-bond acceptors (Lipinski definition) is 3. The average molecular weight is 235 g/mol. The van der Waals surface area contributed by atoms with E-state index in [0.29, 0.717) is 6.04 Å². The Morgan fingerprint density at radius 2 is 2.31 bits per heavy atom. The van der Waals surface area contributed by atoms with Gasteiger partial charge in [0.1, 0.15) is 5.82 Å². The van der Waals surface area contributed by atoms with Crippen LogP contribution in [-0.4, -0.2) is 9.97 Å². The van der Waals surface area contributed by atoms with E-state index in [1.807, 2.05) is 17.5 Å². The summed E-state index contributed by atoms with van der Waals surface area (Å²) in [6.07, 6.45) is 3.63. The van der Waals surface area contributed by atoms with E-state index in [1.165, 1.54) is 15.3 Å². The van der Waals surface area contributed by atoms with E-state index in [0.717, 1.165) is 12.4 Å². The Labute approximate surface area is 99.9 Å². The van der Waals surface area contributed by atoms with E-state index in [-0.39, 0.29) is 0 Å². The molecular weight excluding hydrogens is 218 g/mol. The maximum absolute atomic E-state index is 4.19. The van der Waals surface area contributed by atoms with Crippen molar-refractivity contribution in [2.75, 3.05) is 0 Å². The summed E-state index contributed by atoms with van der Waals surface area (Å²) < 4.78 is 0. The highest BCUT2D eigenvalue weighted by molar-refractivity contribution is 7.12. The molecular formula is C12H17N3S. The van der Waals surface area contributed by atoms with Gasteiger partial charge in [0.05, 0.1) is 6.54 Å². The molecule has 2 aromatic heterocycles. The van der Waals surface area contributed by atoms with E-state index in [1.54, 1.807) is 6.20 Å². The quantitative estimate of drug-likeness (QED) is 0.855. The summed E-state index contributed by atoms with van der Waals surface area (Å²) in [7, 11) is 0. The summed E-state index contributed by atoms with van der Waals surface area (Å²) >= 11 is 1.86. The molecule has 2 rings (SSSR count). The van der Waals surface area contributed by atoms with Crippen molar-refractivity contribution in [2.45, 2.75) is 33.4 Å². The lowest BCUT2D eigenvalue weighted by atomic mass is 10.1. The van der Waals surface area contributed by atoms with Gasteiger partial charge >= 0.3 is 0 Å². The Hall–Kier alpha value is -1.13. The molecule has 0 aliphatic carbocycles. The molecule has 0 radical (unpaired) electrons. The number of rotatable bonds is 4. The van der Waals surface area contributed by atoms with Crippen molar-refractivity contribution in [1.29, 1.82) is 0 Å². The van der Waals surface area contributed by atoms with Gasteiger partial charge in [0.15, 0.2) is 0 Å². The Balaban J connectivity index is 1.98. The first-order valence-corrected chi connectivity index (χ1v) is 6.27. The van der Waals surface area contributed by atoms with Crippen molar-refractivity contribution in [3.05, 3.63) is 39.6 Å². The predicted molar refractivity (Wildman–Crippen MR) is 67.6 cm³/mol. The number of aromatic nitrogens is 2. The van der Waals surface area contributed by atoms with Crippen LogP contribution >= 0.6 is 11.3 Å². The van der Waals surface area contributed by atoms with Crippen LogP contribution in [0.25, 0.3) is 0 Å². The minimum atomic E-state index is 0.370. The monoisotopic (exact) mass is 235 g/mol. The molecule has 1 unspecified atom stereocenters. The van der Waals surface area contributed by atoms with Gasteiger partial charge in [-0.25, -0.2) is 4.98 Å². The molecule has 0 saturated carbocycles. The highest BCUT2D eigenvalue weighted by Gasteiger charge is 2.10. The van der Waals surface area contributed by atoms with Gasteiger partial charge in [-0.1, -0.05) is 0 Å². The Morgan fingerprint density at radius 1 is 1.50 bits per heavy atom. The fraction of sp³-hybridized carbons (Fsp3) is 0.417. The second-order valence-electron chi connectivity index (χ2n) is 4.01. The topological polar surface area (TPSA) is 40.7 Å². The van der Waals surface area contributed by atoms with E-state index < -0.39 is 0 Å². The number of aromatic amines is 1. The minimum absolute atomic E-state index is 0.370. The first-order chi connectivity index (χ1) is 7.66. The van der Waals surface area contributed by atoms with Gasteiger partial charge < -0.3 is 10.3 Å². The Bertz CT molecular complexity index is 445. The number of imidazole rings is 1. The largest absolute Gasteiger partial charge is 0.348 e. The summed E-state index contributed by atoms with van der Waals surface area (Å²) in [5.41, 5.74) is 1.40. The van der Waals surface area contributed by atoms with Crippen molar-refractivity contribution in [3.63, 3.8) is 0 Å². The average Bonchev–Trinajstić information content (AvgIpc) is 2.84. The van der Waals surface area contributed by atoms with E-state index in [4.69, 9.17) is 0 Å². The van der Waals surface area contributed by atoms with Crippen molar-refractivity contribution in [2.24, 2.45) is 0 Å². The van der Waals surface area contributed by atoms with Gasteiger partial charge in [-0.15, -0.1) is 11.3 Å². The fourth-order valence-electron chi connectivity index (χ4n) is 1.83. The Morgan fingerprint density at radius 3 is 2.88 bits per heavy atom. The molecule has 0 fully saturated rings. The first-order valence-electron chi connectivity index (χ1n) is 5.45. The molecule has 1 atom stereocenters. The third-order valence-corrected chi connectivity index (χ3v) is 3.66. The molecule has 0 amide bonds. The predicted octanol–water partition coefficient (Wildman–Crippen LogP) is 2.94. The number of H-pyrrole nitrogens is 1. The molecule has 3 nitrogen and oxygen atoms in total. The lowest BCUT2D eigenvalue weighted by Gasteiger charge is -2.12. The molecule has 0 aliphatic rings. The van der Waals surface area contributed by atoms with Crippen molar-refractivity contribution >= 4 is 11.3 Å². The maximum Gasteiger partial charge on any atom is 0.120 e. The summed E-state index contributed by atoms with van der Waals surface area (Å²) in [5.74, 6) is 0.983. The third-order valence-electron chi connectivity index (χ3n) is 2.68. The van der Waals surface area contributed by atoms with Gasteiger partial charge in [0, 0.05) is 28.2 Å². The standard InChI is InChI=1S/C12H17N3S/c1-8-6-11(10(3)16-8)9(2)15-7-12-13-4-5-14-12/h4-6,9,15H,7H2,1-3H3,(H,13,14). The molecule has 0 aromatic carbocycles. The molecule has 0 saturated heterocycles. The normalized spacial score (nSPS) is 12.9. The first kappa shape index (κ1) is 11.4. The van der Waals surface area contributed by atoms with Crippen LogP contribution in [0.5, 0.6) is 0 Å². The van der Waals surface area contributed by atoms with Gasteiger partial charge in [-0.3, -0.25) is 0 Å². The molecule has 86 valence electrons. The zero-order valence-electron chi connectivity index (χ0n) is 9.87. The third kappa shape index (κ3) is 2.51. The number of aryl methyl sites for hydroxylation is 2. The van der Waals surface area contributed by atoms with Crippen LogP contribution in [-0.2, 0) is 6.54 Å². The number of nitrogens with one attached hydrogen (secondary N) is 2. The van der Waals surface area contributed by atoms with Gasteiger partial charge in [-0.2, -0.15) is 0 Å². The lowest BCUT2D eigenvalue weighted by molar-refractivity contribution is 0.561. The van der Waals surface area contributed by atoms with E-state index in [9.17, 15) is 0 Å². The van der Waals surface area contributed by atoms with E-state index in [2.05, 4.69) is 42.1 Å². The highest BCUT2D eigenvalue weighted by atomic mass is 32.1. The number of nitrogens with zero attached hydrogens (tertiary/aromatic N) is 1. The summed E-state index contributed by atoms with van der Waals surface area (Å²) in [6, 6.07) is 2.63. The van der Waals surface area contributed by atoms with Crippen molar-refractivity contribution in [1.82, 2.24) is 15.3 Å². The smallest absolute Gasteiger partial charge is 0.120 e.